The summed E-state index contributed by atoms with van der Waals surface area (Å²) < 4.78 is 0. The minimum absolute atomic E-state index is 0.173. The van der Waals surface area contributed by atoms with Crippen molar-refractivity contribution < 1.29 is 9.90 Å². The van der Waals surface area contributed by atoms with Gasteiger partial charge in [0.25, 0.3) is 5.91 Å². The van der Waals surface area contributed by atoms with E-state index in [2.05, 4.69) is 32.3 Å². The molecule has 0 radical (unpaired) electrons. The third-order valence-electron chi connectivity index (χ3n) is 2.78. The number of aryl methyl sites for hydroxylation is 2. The number of amides is 1. The first kappa shape index (κ1) is 14.6. The first-order valence-corrected chi connectivity index (χ1v) is 6.29. The number of rotatable bonds is 2. The third kappa shape index (κ3) is 3.84. The molecule has 0 aliphatic heterocycles. The quantitative estimate of drug-likeness (QED) is 0.805. The minimum Gasteiger partial charge on any atom is -0.384 e. The molecule has 0 aliphatic rings. The molecule has 2 aromatic rings. The van der Waals surface area contributed by atoms with E-state index in [1.54, 1.807) is 38.1 Å². The molecule has 0 unspecified atom stereocenters. The molecule has 0 saturated carbocycles. The Kier molecular flexibility index (Phi) is 4.59. The van der Waals surface area contributed by atoms with Gasteiger partial charge in [0, 0.05) is 11.1 Å². The molecule has 106 valence electrons. The van der Waals surface area contributed by atoms with Gasteiger partial charge in [0.2, 0.25) is 5.95 Å². The van der Waals surface area contributed by atoms with Gasteiger partial charge < -0.3 is 5.11 Å². The fourth-order valence-corrected chi connectivity index (χ4v) is 1.53. The van der Waals surface area contributed by atoms with E-state index in [0.717, 1.165) is 17.0 Å². The Bertz CT molecular complexity index is 715. The molecular formula is C15H14N4O2. The summed E-state index contributed by atoms with van der Waals surface area (Å²) in [4.78, 5) is 16.2. The molecule has 1 amide bonds. The third-order valence-corrected chi connectivity index (χ3v) is 2.78. The number of aliphatic hydroxyl groups is 1. The van der Waals surface area contributed by atoms with Crippen molar-refractivity contribution in [1.82, 2.24) is 15.2 Å². The van der Waals surface area contributed by atoms with E-state index in [9.17, 15) is 4.79 Å². The number of anilines is 1. The van der Waals surface area contributed by atoms with Gasteiger partial charge in [-0.15, -0.1) is 5.10 Å². The zero-order valence-corrected chi connectivity index (χ0v) is 11.7. The van der Waals surface area contributed by atoms with E-state index in [0.29, 0.717) is 5.56 Å². The molecule has 6 heteroatoms. The summed E-state index contributed by atoms with van der Waals surface area (Å²) in [7, 11) is 0. The highest BCUT2D eigenvalue weighted by atomic mass is 16.2. The summed E-state index contributed by atoms with van der Waals surface area (Å²) in [6, 6.07) is 6.70. The maximum absolute atomic E-state index is 12.0. The predicted molar refractivity (Wildman–Crippen MR) is 77.7 cm³/mol. The first-order chi connectivity index (χ1) is 10.1. The van der Waals surface area contributed by atoms with Crippen molar-refractivity contribution in [2.75, 3.05) is 11.9 Å². The summed E-state index contributed by atoms with van der Waals surface area (Å²) in [5, 5.41) is 18.9. The number of carbonyl (C=O) groups is 1. The largest absolute Gasteiger partial charge is 0.384 e. The van der Waals surface area contributed by atoms with Crippen LogP contribution >= 0.6 is 0 Å². The minimum atomic E-state index is -0.318. The number of nitrogens with zero attached hydrogens (tertiary/aromatic N) is 3. The Balaban J connectivity index is 2.11. The van der Waals surface area contributed by atoms with Crippen LogP contribution in [0.2, 0.25) is 0 Å². The molecule has 6 nitrogen and oxygen atoms in total. The van der Waals surface area contributed by atoms with Crippen LogP contribution in [-0.2, 0) is 0 Å². The molecule has 1 heterocycles. The van der Waals surface area contributed by atoms with E-state index < -0.39 is 0 Å². The number of hydrogen-bond acceptors (Lipinski definition) is 5. The van der Waals surface area contributed by atoms with Crippen LogP contribution in [0.25, 0.3) is 0 Å². The monoisotopic (exact) mass is 282 g/mol. The van der Waals surface area contributed by atoms with E-state index in [-0.39, 0.29) is 18.5 Å². The number of aromatic nitrogens is 3. The summed E-state index contributed by atoms with van der Waals surface area (Å²) in [5.74, 6) is 5.15. The molecule has 0 aliphatic carbocycles. The molecule has 0 atom stereocenters. The average Bonchev–Trinajstić information content (AvgIpc) is 2.49. The summed E-state index contributed by atoms with van der Waals surface area (Å²) in [5.41, 5.74) is 2.63. The lowest BCUT2D eigenvalue weighted by atomic mass is 10.1. The number of carbonyl (C=O) groups excluding carboxylic acids is 1. The van der Waals surface area contributed by atoms with Crippen molar-refractivity contribution in [2.24, 2.45) is 0 Å². The fourth-order valence-electron chi connectivity index (χ4n) is 1.53. The maximum Gasteiger partial charge on any atom is 0.258 e. The van der Waals surface area contributed by atoms with E-state index in [4.69, 9.17) is 5.11 Å². The van der Waals surface area contributed by atoms with Gasteiger partial charge in [-0.25, -0.2) is 4.98 Å². The fraction of sp³-hybridized carbons (Fsp3) is 0.200. The molecule has 1 aromatic heterocycles. The summed E-state index contributed by atoms with van der Waals surface area (Å²) >= 11 is 0. The van der Waals surface area contributed by atoms with Crippen LogP contribution in [0.1, 0.15) is 27.3 Å². The van der Waals surface area contributed by atoms with Gasteiger partial charge in [0.15, 0.2) is 0 Å². The van der Waals surface area contributed by atoms with Crippen LogP contribution in [0.3, 0.4) is 0 Å². The Hall–Kier alpha value is -2.78. The lowest BCUT2D eigenvalue weighted by Crippen LogP contribution is -2.15. The molecule has 1 aromatic carbocycles. The summed E-state index contributed by atoms with van der Waals surface area (Å²) in [6.07, 6.45) is 0. The Morgan fingerprint density at radius 3 is 2.52 bits per heavy atom. The van der Waals surface area contributed by atoms with Crippen LogP contribution in [0, 0.1) is 25.7 Å². The van der Waals surface area contributed by atoms with Crippen LogP contribution < -0.4 is 5.32 Å². The molecule has 21 heavy (non-hydrogen) atoms. The molecule has 0 saturated heterocycles. The second-order valence-corrected chi connectivity index (χ2v) is 4.30. The first-order valence-electron chi connectivity index (χ1n) is 6.29. The van der Waals surface area contributed by atoms with Gasteiger partial charge in [-0.1, -0.05) is 11.8 Å². The van der Waals surface area contributed by atoms with Gasteiger partial charge in [-0.05, 0) is 38.1 Å². The second-order valence-electron chi connectivity index (χ2n) is 4.30. The van der Waals surface area contributed by atoms with Crippen molar-refractivity contribution in [3.63, 3.8) is 0 Å². The van der Waals surface area contributed by atoms with Gasteiger partial charge in [0.1, 0.15) is 6.61 Å². The highest BCUT2D eigenvalue weighted by molar-refractivity contribution is 6.03. The SMILES string of the molecule is Cc1nnc(NC(=O)c2ccc(C#CCO)cc2)nc1C. The van der Waals surface area contributed by atoms with Crippen molar-refractivity contribution in [3.05, 3.63) is 46.8 Å². The van der Waals surface area contributed by atoms with Gasteiger partial charge >= 0.3 is 0 Å². The number of aliphatic hydroxyl groups excluding tert-OH is 1. The summed E-state index contributed by atoms with van der Waals surface area (Å²) in [6.45, 7) is 3.40. The number of nitrogens with one attached hydrogen (secondary N) is 1. The standard InChI is InChI=1S/C15H14N4O2/c1-10-11(2)18-19-15(16-10)17-14(21)13-7-5-12(6-8-13)4-3-9-20/h5-8,20H,9H2,1-2H3,(H,16,17,19,21). The van der Waals surface area contributed by atoms with Crippen LogP contribution in [0.5, 0.6) is 0 Å². The van der Waals surface area contributed by atoms with Crippen LogP contribution in [0.15, 0.2) is 24.3 Å². The molecular weight excluding hydrogens is 268 g/mol. The van der Waals surface area contributed by atoms with E-state index >= 15 is 0 Å². The smallest absolute Gasteiger partial charge is 0.258 e. The Labute approximate surface area is 122 Å². The highest BCUT2D eigenvalue weighted by Crippen LogP contribution is 2.07. The van der Waals surface area contributed by atoms with E-state index in [1.807, 2.05) is 0 Å². The normalized spacial score (nSPS) is 9.67. The van der Waals surface area contributed by atoms with Crippen molar-refractivity contribution in [1.29, 1.82) is 0 Å². The Morgan fingerprint density at radius 1 is 1.19 bits per heavy atom. The van der Waals surface area contributed by atoms with Crippen LogP contribution in [0.4, 0.5) is 5.95 Å². The Morgan fingerprint density at radius 2 is 1.90 bits per heavy atom. The zero-order valence-electron chi connectivity index (χ0n) is 11.7. The van der Waals surface area contributed by atoms with Gasteiger partial charge in [-0.2, -0.15) is 5.10 Å². The van der Waals surface area contributed by atoms with E-state index in [1.165, 1.54) is 0 Å². The maximum atomic E-state index is 12.0. The molecule has 0 fully saturated rings. The predicted octanol–water partition coefficient (Wildman–Crippen LogP) is 1.08. The lowest BCUT2D eigenvalue weighted by molar-refractivity contribution is 0.102. The number of benzene rings is 1. The molecule has 2 N–H and O–H groups in total. The van der Waals surface area contributed by atoms with Gasteiger partial charge in [-0.3, -0.25) is 10.1 Å². The van der Waals surface area contributed by atoms with Crippen molar-refractivity contribution in [2.45, 2.75) is 13.8 Å². The second kappa shape index (κ2) is 6.59. The molecule has 0 bridgehead atoms. The van der Waals surface area contributed by atoms with Crippen LogP contribution in [-0.4, -0.2) is 32.8 Å². The highest BCUT2D eigenvalue weighted by Gasteiger charge is 2.09. The molecule has 2 rings (SSSR count). The lowest BCUT2D eigenvalue weighted by Gasteiger charge is -2.04. The number of hydrogen-bond donors (Lipinski definition) is 2. The topological polar surface area (TPSA) is 88.0 Å². The van der Waals surface area contributed by atoms with Crippen molar-refractivity contribution >= 4 is 11.9 Å². The zero-order chi connectivity index (χ0) is 15.2. The molecule has 0 spiro atoms. The van der Waals surface area contributed by atoms with Crippen molar-refractivity contribution in [3.8, 4) is 11.8 Å². The van der Waals surface area contributed by atoms with Gasteiger partial charge in [0.05, 0.1) is 11.4 Å². The average molecular weight is 282 g/mol.